The van der Waals surface area contributed by atoms with Crippen molar-refractivity contribution in [1.82, 2.24) is 24.1 Å². The molecule has 5 rings (SSSR count). The first-order chi connectivity index (χ1) is 15.8. The van der Waals surface area contributed by atoms with E-state index in [0.717, 1.165) is 18.4 Å². The fraction of sp³-hybridized carbons (Fsp3) is 0.273. The number of para-hydroxylation sites is 1. The quantitative estimate of drug-likeness (QED) is 0.395. The van der Waals surface area contributed by atoms with Crippen molar-refractivity contribution in [3.05, 3.63) is 81.1 Å². The second-order valence-electron chi connectivity index (χ2n) is 8.00. The molecule has 0 unspecified atom stereocenters. The predicted molar refractivity (Wildman–Crippen MR) is 121 cm³/mol. The van der Waals surface area contributed by atoms with E-state index in [4.69, 9.17) is 16.3 Å². The number of hydrogen-bond acceptors (Lipinski definition) is 7. The van der Waals surface area contributed by atoms with Gasteiger partial charge in [-0.3, -0.25) is 13.8 Å². The molecule has 33 heavy (non-hydrogen) atoms. The lowest BCUT2D eigenvalue weighted by Crippen LogP contribution is -2.19. The van der Waals surface area contributed by atoms with Crippen LogP contribution in [-0.2, 0) is 22.2 Å². The van der Waals surface area contributed by atoms with Crippen LogP contribution in [-0.4, -0.2) is 32.6 Å². The summed E-state index contributed by atoms with van der Waals surface area (Å²) >= 11 is 6.14. The van der Waals surface area contributed by atoms with Crippen LogP contribution >= 0.6 is 11.6 Å². The molecular formula is C22H20ClN5O4S. The molecule has 9 nitrogen and oxygen atoms in total. The van der Waals surface area contributed by atoms with Crippen LogP contribution in [0.5, 0.6) is 5.75 Å². The number of hydrogen-bond donors (Lipinski definition) is 0. The van der Waals surface area contributed by atoms with E-state index in [9.17, 15) is 13.2 Å². The third-order valence-corrected chi connectivity index (χ3v) is 7.14. The molecule has 0 spiro atoms. The van der Waals surface area contributed by atoms with E-state index in [0.29, 0.717) is 22.2 Å². The summed E-state index contributed by atoms with van der Waals surface area (Å²) in [6.45, 7) is 1.89. The zero-order valence-corrected chi connectivity index (χ0v) is 19.3. The number of fused-ring (bicyclic) bond motifs is 1. The second kappa shape index (κ2) is 8.27. The zero-order valence-electron chi connectivity index (χ0n) is 17.7. The number of aryl methyl sites for hydroxylation is 1. The Morgan fingerprint density at radius 2 is 1.94 bits per heavy atom. The highest BCUT2D eigenvalue weighted by Gasteiger charge is 2.35. The topological polar surface area (TPSA) is 108 Å². The van der Waals surface area contributed by atoms with E-state index in [1.807, 2.05) is 13.0 Å². The lowest BCUT2D eigenvalue weighted by atomic mass is 10.3. The minimum atomic E-state index is -3.92. The van der Waals surface area contributed by atoms with Gasteiger partial charge in [0.15, 0.2) is 5.82 Å². The first-order valence-corrected chi connectivity index (χ1v) is 12.4. The van der Waals surface area contributed by atoms with Crippen LogP contribution in [0.2, 0.25) is 5.02 Å². The summed E-state index contributed by atoms with van der Waals surface area (Å²) in [4.78, 5) is 16.8. The number of pyridine rings is 1. The first kappa shape index (κ1) is 21.6. The van der Waals surface area contributed by atoms with Gasteiger partial charge in [-0.25, -0.2) is 13.4 Å². The molecule has 4 aromatic rings. The average Bonchev–Trinajstić information content (AvgIpc) is 3.52. The van der Waals surface area contributed by atoms with Gasteiger partial charge < -0.3 is 4.74 Å². The van der Waals surface area contributed by atoms with Crippen molar-refractivity contribution >= 4 is 27.1 Å². The van der Waals surface area contributed by atoms with Crippen LogP contribution in [0.15, 0.2) is 58.6 Å². The number of ether oxygens (including phenoxy) is 1. The number of nitrogens with zero attached hydrogens (tertiary/aromatic N) is 5. The lowest BCUT2D eigenvalue weighted by Gasteiger charge is -2.11. The summed E-state index contributed by atoms with van der Waals surface area (Å²) in [6.07, 6.45) is 3.32. The summed E-state index contributed by atoms with van der Waals surface area (Å²) in [5.74, 6) is 0.422. The Labute approximate surface area is 194 Å². The molecule has 1 aliphatic rings. The molecule has 0 saturated heterocycles. The van der Waals surface area contributed by atoms with Gasteiger partial charge >= 0.3 is 0 Å². The van der Waals surface area contributed by atoms with E-state index >= 15 is 0 Å². The molecule has 1 saturated carbocycles. The van der Waals surface area contributed by atoms with Gasteiger partial charge in [-0.15, -0.1) is 10.2 Å². The van der Waals surface area contributed by atoms with E-state index in [1.165, 1.54) is 10.5 Å². The van der Waals surface area contributed by atoms with Crippen molar-refractivity contribution in [3.8, 4) is 5.75 Å². The van der Waals surface area contributed by atoms with Gasteiger partial charge in [0.25, 0.3) is 5.56 Å². The van der Waals surface area contributed by atoms with Gasteiger partial charge in [0.05, 0.1) is 10.7 Å². The number of aromatic nitrogens is 5. The summed E-state index contributed by atoms with van der Waals surface area (Å²) < 4.78 is 35.3. The highest BCUT2D eigenvalue weighted by atomic mass is 35.5. The molecule has 11 heteroatoms. The maximum atomic E-state index is 13.3. The number of sulfone groups is 1. The van der Waals surface area contributed by atoms with E-state index in [1.54, 1.807) is 41.1 Å². The van der Waals surface area contributed by atoms with Crippen molar-refractivity contribution in [2.24, 2.45) is 0 Å². The van der Waals surface area contributed by atoms with Gasteiger partial charge in [-0.05, 0) is 43.5 Å². The Hall–Kier alpha value is -3.24. The Kier molecular flexibility index (Phi) is 5.41. The van der Waals surface area contributed by atoms with Gasteiger partial charge in [0.1, 0.15) is 23.8 Å². The molecule has 0 atom stereocenters. The van der Waals surface area contributed by atoms with Crippen LogP contribution in [0.3, 0.4) is 0 Å². The summed E-state index contributed by atoms with van der Waals surface area (Å²) in [6, 6.07) is 11.8. The number of rotatable bonds is 7. The van der Waals surface area contributed by atoms with Crippen molar-refractivity contribution in [1.29, 1.82) is 0 Å². The van der Waals surface area contributed by atoms with Gasteiger partial charge in [-0.1, -0.05) is 29.8 Å². The molecule has 0 radical (unpaired) electrons. The van der Waals surface area contributed by atoms with Crippen molar-refractivity contribution in [3.63, 3.8) is 0 Å². The standard InChI is InChI=1S/C22H20ClN5O4S/c1-14-6-9-19-24-15(10-21(29)27(19)11-14)13-33(30,31)22-26-25-20(28(22)16-7-8-16)12-32-18-5-3-2-4-17(18)23/h2-6,9-11,16H,7-8,12-13H2,1H3. The fourth-order valence-electron chi connectivity index (χ4n) is 3.61. The molecule has 0 aliphatic heterocycles. The van der Waals surface area contributed by atoms with Crippen molar-refractivity contribution in [2.45, 2.75) is 43.3 Å². The average molecular weight is 486 g/mol. The van der Waals surface area contributed by atoms with Crippen LogP contribution in [0.1, 0.15) is 36.0 Å². The largest absolute Gasteiger partial charge is 0.484 e. The maximum absolute atomic E-state index is 13.3. The first-order valence-electron chi connectivity index (χ1n) is 10.3. The highest BCUT2D eigenvalue weighted by molar-refractivity contribution is 7.90. The molecule has 0 bridgehead atoms. The van der Waals surface area contributed by atoms with Gasteiger partial charge in [0, 0.05) is 18.3 Å². The number of halogens is 1. The van der Waals surface area contributed by atoms with Crippen LogP contribution in [0.4, 0.5) is 0 Å². The van der Waals surface area contributed by atoms with E-state index in [2.05, 4.69) is 15.2 Å². The molecule has 170 valence electrons. The van der Waals surface area contributed by atoms with Crippen LogP contribution < -0.4 is 10.3 Å². The molecule has 1 aliphatic carbocycles. The zero-order chi connectivity index (χ0) is 23.2. The summed E-state index contributed by atoms with van der Waals surface area (Å²) in [5.41, 5.74) is 1.10. The molecule has 1 fully saturated rings. The summed E-state index contributed by atoms with van der Waals surface area (Å²) in [7, 11) is -3.92. The minimum Gasteiger partial charge on any atom is -0.484 e. The van der Waals surface area contributed by atoms with Crippen LogP contribution in [0.25, 0.3) is 5.65 Å². The van der Waals surface area contributed by atoms with Crippen molar-refractivity contribution in [2.75, 3.05) is 0 Å². The molecule has 3 aromatic heterocycles. The number of benzene rings is 1. The van der Waals surface area contributed by atoms with Gasteiger partial charge in [0.2, 0.25) is 15.0 Å². The SMILES string of the molecule is Cc1ccc2nc(CS(=O)(=O)c3nnc(COc4ccccc4Cl)n3C3CC3)cc(=O)n2c1. The highest BCUT2D eigenvalue weighted by Crippen LogP contribution is 2.38. The molecule has 1 aromatic carbocycles. The monoisotopic (exact) mass is 485 g/mol. The maximum Gasteiger partial charge on any atom is 0.258 e. The van der Waals surface area contributed by atoms with Crippen LogP contribution in [0, 0.1) is 6.92 Å². The Morgan fingerprint density at radius 3 is 2.70 bits per heavy atom. The molecule has 3 heterocycles. The Balaban J connectivity index is 1.45. The molecule has 0 amide bonds. The Bertz CT molecular complexity index is 1530. The Morgan fingerprint density at radius 1 is 1.15 bits per heavy atom. The lowest BCUT2D eigenvalue weighted by molar-refractivity contribution is 0.287. The van der Waals surface area contributed by atoms with E-state index < -0.39 is 15.6 Å². The third-order valence-electron chi connectivity index (χ3n) is 5.32. The normalized spacial score (nSPS) is 14.0. The predicted octanol–water partition coefficient (Wildman–Crippen LogP) is 3.14. The van der Waals surface area contributed by atoms with Crippen molar-refractivity contribution < 1.29 is 13.2 Å². The molecule has 0 N–H and O–H groups in total. The minimum absolute atomic E-state index is 0.00668. The van der Waals surface area contributed by atoms with E-state index in [-0.39, 0.29) is 29.1 Å². The smallest absolute Gasteiger partial charge is 0.258 e. The van der Waals surface area contributed by atoms with Gasteiger partial charge in [-0.2, -0.15) is 0 Å². The fourth-order valence-corrected chi connectivity index (χ4v) is 5.19. The second-order valence-corrected chi connectivity index (χ2v) is 10.3. The molecular weight excluding hydrogens is 466 g/mol. The third kappa shape index (κ3) is 4.36. The summed E-state index contributed by atoms with van der Waals surface area (Å²) in [5, 5.41) is 8.37.